The zero-order valence-corrected chi connectivity index (χ0v) is 11.6. The Morgan fingerprint density at radius 3 is 3.00 bits per heavy atom. The van der Waals surface area contributed by atoms with E-state index in [0.717, 1.165) is 15.1 Å². The fourth-order valence-corrected chi connectivity index (χ4v) is 2.37. The van der Waals surface area contributed by atoms with Crippen LogP contribution in [0.2, 0.25) is 0 Å². The van der Waals surface area contributed by atoms with Crippen LogP contribution in [0.15, 0.2) is 44.6 Å². The molecule has 0 bridgehead atoms. The number of pyridine rings is 1. The normalized spacial score (nSPS) is 10.3. The van der Waals surface area contributed by atoms with Gasteiger partial charge in [0, 0.05) is 22.0 Å². The molecule has 2 aromatic rings. The van der Waals surface area contributed by atoms with Crippen molar-refractivity contribution >= 4 is 33.6 Å². The lowest BCUT2D eigenvalue weighted by atomic mass is 10.3. The second-order valence-corrected chi connectivity index (χ2v) is 5.26. The quantitative estimate of drug-likeness (QED) is 0.390. The van der Waals surface area contributed by atoms with Crippen molar-refractivity contribution in [3.63, 3.8) is 0 Å². The summed E-state index contributed by atoms with van der Waals surface area (Å²) < 4.78 is 6.02. The predicted octanol–water partition coefficient (Wildman–Crippen LogP) is 2.33. The number of halogens is 1. The van der Waals surface area contributed by atoms with Crippen LogP contribution in [0, 0.1) is 0 Å². The molecule has 7 heteroatoms. The minimum Gasteiger partial charge on any atom is -0.459 e. The fraction of sp³-hybridized carbons (Fsp3) is 0.0909. The molecule has 0 aliphatic rings. The Bertz CT molecular complexity index is 541. The number of hydrogen-bond donors (Lipinski definition) is 2. The molecular formula is C11H10BrN3O2S. The van der Waals surface area contributed by atoms with E-state index in [1.807, 2.05) is 17.6 Å². The number of hydrogen-bond acceptors (Lipinski definition) is 5. The largest absolute Gasteiger partial charge is 0.459 e. The van der Waals surface area contributed by atoms with Crippen molar-refractivity contribution in [1.29, 1.82) is 0 Å². The third-order valence-electron chi connectivity index (χ3n) is 2.16. The molecule has 18 heavy (non-hydrogen) atoms. The molecule has 94 valence electrons. The molecule has 0 aromatic carbocycles. The zero-order chi connectivity index (χ0) is 13.0. The molecule has 1 amide bonds. The molecule has 0 aliphatic carbocycles. The summed E-state index contributed by atoms with van der Waals surface area (Å²) in [6.07, 6.45) is 3.20. The maximum atomic E-state index is 11.4. The first-order valence-corrected chi connectivity index (χ1v) is 6.80. The summed E-state index contributed by atoms with van der Waals surface area (Å²) in [6.45, 7) is 0. The number of amides is 1. The Hall–Kier alpha value is -1.31. The molecule has 0 atom stereocenters. The number of nitrogens with one attached hydrogen (secondary N) is 1. The first-order chi connectivity index (χ1) is 8.70. The standard InChI is InChI=1S/C11H10BrN3O2S/c12-8-1-2-9(14-5-8)18-6-7-3-4-17-10(7)11(16)15-13/h1-5H,6,13H2,(H,15,16). The number of rotatable bonds is 4. The van der Waals surface area contributed by atoms with Gasteiger partial charge < -0.3 is 4.42 Å². The Morgan fingerprint density at radius 1 is 1.50 bits per heavy atom. The summed E-state index contributed by atoms with van der Waals surface area (Å²) in [6, 6.07) is 5.56. The monoisotopic (exact) mass is 327 g/mol. The SMILES string of the molecule is NNC(=O)c1occc1CSc1ccc(Br)cn1. The summed E-state index contributed by atoms with van der Waals surface area (Å²) in [5.41, 5.74) is 2.83. The summed E-state index contributed by atoms with van der Waals surface area (Å²) in [4.78, 5) is 15.6. The maximum absolute atomic E-state index is 11.4. The van der Waals surface area contributed by atoms with E-state index >= 15 is 0 Å². The fourth-order valence-electron chi connectivity index (χ4n) is 1.31. The number of nitrogens with zero attached hydrogens (tertiary/aromatic N) is 1. The van der Waals surface area contributed by atoms with Crippen molar-refractivity contribution in [2.75, 3.05) is 0 Å². The van der Waals surface area contributed by atoms with E-state index in [2.05, 4.69) is 20.9 Å². The van der Waals surface area contributed by atoms with Crippen LogP contribution in [0.25, 0.3) is 0 Å². The third kappa shape index (κ3) is 3.12. The van der Waals surface area contributed by atoms with Gasteiger partial charge in [-0.05, 0) is 34.1 Å². The second-order valence-electron chi connectivity index (χ2n) is 3.35. The van der Waals surface area contributed by atoms with Crippen LogP contribution in [0.3, 0.4) is 0 Å². The molecule has 0 spiro atoms. The van der Waals surface area contributed by atoms with E-state index in [-0.39, 0.29) is 5.76 Å². The highest BCUT2D eigenvalue weighted by molar-refractivity contribution is 9.10. The second kappa shape index (κ2) is 6.03. The van der Waals surface area contributed by atoms with Gasteiger partial charge in [-0.3, -0.25) is 10.2 Å². The third-order valence-corrected chi connectivity index (χ3v) is 3.62. The molecule has 0 saturated heterocycles. The van der Waals surface area contributed by atoms with Crippen LogP contribution in [0.5, 0.6) is 0 Å². The Labute approximate surface area is 116 Å². The summed E-state index contributed by atoms with van der Waals surface area (Å²) in [5, 5.41) is 0.874. The summed E-state index contributed by atoms with van der Waals surface area (Å²) in [7, 11) is 0. The first kappa shape index (κ1) is 13.1. The van der Waals surface area contributed by atoms with Crippen LogP contribution in [-0.2, 0) is 5.75 Å². The predicted molar refractivity (Wildman–Crippen MR) is 71.9 cm³/mol. The molecule has 3 N–H and O–H groups in total. The molecular weight excluding hydrogens is 318 g/mol. The number of aromatic nitrogens is 1. The average Bonchev–Trinajstić information content (AvgIpc) is 2.85. The van der Waals surface area contributed by atoms with E-state index in [4.69, 9.17) is 10.3 Å². The van der Waals surface area contributed by atoms with Crippen LogP contribution >= 0.6 is 27.7 Å². The molecule has 0 aliphatic heterocycles. The van der Waals surface area contributed by atoms with E-state index < -0.39 is 5.91 Å². The number of carbonyl (C=O) groups is 1. The van der Waals surface area contributed by atoms with E-state index in [0.29, 0.717) is 5.75 Å². The zero-order valence-electron chi connectivity index (χ0n) is 9.22. The van der Waals surface area contributed by atoms with E-state index in [1.54, 1.807) is 12.3 Å². The minimum absolute atomic E-state index is 0.238. The summed E-state index contributed by atoms with van der Waals surface area (Å²) in [5.74, 6) is 5.47. The average molecular weight is 328 g/mol. The van der Waals surface area contributed by atoms with E-state index in [1.165, 1.54) is 18.0 Å². The van der Waals surface area contributed by atoms with Gasteiger partial charge in [-0.25, -0.2) is 10.8 Å². The lowest BCUT2D eigenvalue weighted by molar-refractivity contribution is 0.0925. The first-order valence-electron chi connectivity index (χ1n) is 5.02. The van der Waals surface area contributed by atoms with Crippen molar-refractivity contribution in [2.45, 2.75) is 10.8 Å². The smallest absolute Gasteiger partial charge is 0.301 e. The molecule has 0 unspecified atom stereocenters. The molecule has 0 radical (unpaired) electrons. The van der Waals surface area contributed by atoms with E-state index in [9.17, 15) is 4.79 Å². The van der Waals surface area contributed by atoms with Crippen molar-refractivity contribution in [3.8, 4) is 0 Å². The van der Waals surface area contributed by atoms with Crippen molar-refractivity contribution in [2.24, 2.45) is 5.84 Å². The number of furan rings is 1. The maximum Gasteiger partial charge on any atom is 0.301 e. The van der Waals surface area contributed by atoms with Gasteiger partial charge in [0.15, 0.2) is 5.76 Å². The van der Waals surface area contributed by atoms with Gasteiger partial charge in [-0.15, -0.1) is 11.8 Å². The van der Waals surface area contributed by atoms with Gasteiger partial charge >= 0.3 is 5.91 Å². The van der Waals surface area contributed by atoms with Gasteiger partial charge in [0.2, 0.25) is 0 Å². The molecule has 2 rings (SSSR count). The van der Waals surface area contributed by atoms with Gasteiger partial charge in [0.05, 0.1) is 11.3 Å². The highest BCUT2D eigenvalue weighted by atomic mass is 79.9. The number of nitrogen functional groups attached to an aromatic ring is 1. The highest BCUT2D eigenvalue weighted by Gasteiger charge is 2.14. The molecule has 2 heterocycles. The Balaban J connectivity index is 2.04. The Kier molecular flexibility index (Phi) is 4.40. The highest BCUT2D eigenvalue weighted by Crippen LogP contribution is 2.24. The van der Waals surface area contributed by atoms with Crippen LogP contribution < -0.4 is 11.3 Å². The molecule has 0 saturated carbocycles. The number of nitrogens with two attached hydrogens (primary N) is 1. The number of carbonyl (C=O) groups excluding carboxylic acids is 1. The van der Waals surface area contributed by atoms with Gasteiger partial charge in [0.1, 0.15) is 0 Å². The van der Waals surface area contributed by atoms with Crippen LogP contribution in [0.1, 0.15) is 16.1 Å². The summed E-state index contributed by atoms with van der Waals surface area (Å²) >= 11 is 4.84. The lowest BCUT2D eigenvalue weighted by Crippen LogP contribution is -2.30. The van der Waals surface area contributed by atoms with Crippen LogP contribution in [0.4, 0.5) is 0 Å². The van der Waals surface area contributed by atoms with Gasteiger partial charge in [-0.1, -0.05) is 0 Å². The topological polar surface area (TPSA) is 81.1 Å². The molecule has 2 aromatic heterocycles. The van der Waals surface area contributed by atoms with Crippen molar-refractivity contribution < 1.29 is 9.21 Å². The molecule has 0 fully saturated rings. The van der Waals surface area contributed by atoms with Crippen LogP contribution in [-0.4, -0.2) is 10.9 Å². The number of thioether (sulfide) groups is 1. The number of hydrazine groups is 1. The van der Waals surface area contributed by atoms with Crippen molar-refractivity contribution in [3.05, 3.63) is 46.5 Å². The lowest BCUT2D eigenvalue weighted by Gasteiger charge is -2.01. The minimum atomic E-state index is -0.431. The Morgan fingerprint density at radius 2 is 2.33 bits per heavy atom. The van der Waals surface area contributed by atoms with Gasteiger partial charge in [-0.2, -0.15) is 0 Å². The van der Waals surface area contributed by atoms with Gasteiger partial charge in [0.25, 0.3) is 0 Å². The molecule has 5 nitrogen and oxygen atoms in total. The van der Waals surface area contributed by atoms with Crippen molar-refractivity contribution in [1.82, 2.24) is 10.4 Å².